The lowest BCUT2D eigenvalue weighted by Crippen LogP contribution is -2.48. The molecular weight excluding hydrogens is 328 g/mol. The molecule has 106 valence electrons. The maximum absolute atomic E-state index is 12.7. The van der Waals surface area contributed by atoms with E-state index in [2.05, 4.69) is 15.9 Å². The Hall–Kier alpha value is -0.430. The second-order valence-electron chi connectivity index (χ2n) is 5.36. The van der Waals surface area contributed by atoms with Gasteiger partial charge in [-0.05, 0) is 52.9 Å². The molecule has 2 rings (SSSR count). The van der Waals surface area contributed by atoms with Gasteiger partial charge in [0.2, 0.25) is 10.0 Å². The standard InChI is InChI=1S/C13H19BrN2O2S/c1-9-3-4-13(12(14)6-9)19(17,18)16-7-10(2)5-11(15)8-16/h3-4,6,10-11H,5,7-8,15H2,1-2H3. The fourth-order valence-electron chi connectivity index (χ4n) is 2.50. The van der Waals surface area contributed by atoms with E-state index in [1.807, 2.05) is 26.0 Å². The van der Waals surface area contributed by atoms with E-state index in [9.17, 15) is 8.42 Å². The molecule has 1 aliphatic heterocycles. The summed E-state index contributed by atoms with van der Waals surface area (Å²) < 4.78 is 27.4. The zero-order chi connectivity index (χ0) is 14.2. The molecule has 0 aromatic heterocycles. The first-order valence-electron chi connectivity index (χ1n) is 6.32. The van der Waals surface area contributed by atoms with Crippen LogP contribution in [-0.4, -0.2) is 31.9 Å². The molecule has 1 aliphatic rings. The summed E-state index contributed by atoms with van der Waals surface area (Å²) in [4.78, 5) is 0.319. The van der Waals surface area contributed by atoms with E-state index >= 15 is 0 Å². The van der Waals surface area contributed by atoms with Crippen LogP contribution in [-0.2, 0) is 10.0 Å². The number of nitrogens with two attached hydrogens (primary N) is 1. The predicted octanol–water partition coefficient (Wildman–Crippen LogP) is 2.12. The number of nitrogens with zero attached hydrogens (tertiary/aromatic N) is 1. The average Bonchev–Trinajstić information content (AvgIpc) is 2.26. The van der Waals surface area contributed by atoms with Gasteiger partial charge >= 0.3 is 0 Å². The second kappa shape index (κ2) is 5.52. The van der Waals surface area contributed by atoms with Crippen molar-refractivity contribution < 1.29 is 8.42 Å². The number of piperidine rings is 1. The third kappa shape index (κ3) is 3.18. The van der Waals surface area contributed by atoms with Crippen LogP contribution in [0.3, 0.4) is 0 Å². The summed E-state index contributed by atoms with van der Waals surface area (Å²) in [5, 5.41) is 0. The Labute approximate surface area is 123 Å². The van der Waals surface area contributed by atoms with Crippen molar-refractivity contribution in [3.63, 3.8) is 0 Å². The van der Waals surface area contributed by atoms with E-state index in [0.29, 0.717) is 28.4 Å². The number of halogens is 1. The molecule has 19 heavy (non-hydrogen) atoms. The van der Waals surface area contributed by atoms with Crippen molar-refractivity contribution in [2.75, 3.05) is 13.1 Å². The van der Waals surface area contributed by atoms with Gasteiger partial charge in [-0.25, -0.2) is 8.42 Å². The lowest BCUT2D eigenvalue weighted by atomic mass is 9.99. The Morgan fingerprint density at radius 1 is 1.37 bits per heavy atom. The fourth-order valence-corrected chi connectivity index (χ4v) is 5.27. The summed E-state index contributed by atoms with van der Waals surface area (Å²) in [7, 11) is -3.47. The number of rotatable bonds is 2. The zero-order valence-electron chi connectivity index (χ0n) is 11.1. The molecule has 1 saturated heterocycles. The van der Waals surface area contributed by atoms with Crippen LogP contribution in [0.5, 0.6) is 0 Å². The molecule has 1 aromatic carbocycles. The van der Waals surface area contributed by atoms with Crippen molar-refractivity contribution in [3.8, 4) is 0 Å². The largest absolute Gasteiger partial charge is 0.326 e. The molecule has 1 aromatic rings. The first-order chi connectivity index (χ1) is 8.80. The average molecular weight is 347 g/mol. The molecule has 0 aliphatic carbocycles. The van der Waals surface area contributed by atoms with E-state index in [1.54, 1.807) is 6.07 Å². The summed E-state index contributed by atoms with van der Waals surface area (Å²) in [6, 6.07) is 5.20. The highest BCUT2D eigenvalue weighted by Gasteiger charge is 2.32. The first kappa shape index (κ1) is 15.0. The molecule has 0 radical (unpaired) electrons. The molecule has 4 nitrogen and oxygen atoms in total. The van der Waals surface area contributed by atoms with Crippen molar-refractivity contribution in [2.24, 2.45) is 11.7 Å². The number of benzene rings is 1. The molecule has 1 heterocycles. The minimum atomic E-state index is -3.47. The Morgan fingerprint density at radius 3 is 2.63 bits per heavy atom. The fraction of sp³-hybridized carbons (Fsp3) is 0.538. The zero-order valence-corrected chi connectivity index (χ0v) is 13.5. The Morgan fingerprint density at radius 2 is 2.05 bits per heavy atom. The van der Waals surface area contributed by atoms with Crippen LogP contribution in [0, 0.1) is 12.8 Å². The predicted molar refractivity (Wildman–Crippen MR) is 79.4 cm³/mol. The molecule has 0 amide bonds. The van der Waals surface area contributed by atoms with Gasteiger partial charge in [-0.2, -0.15) is 4.31 Å². The van der Waals surface area contributed by atoms with Crippen LogP contribution < -0.4 is 5.73 Å². The van der Waals surface area contributed by atoms with Gasteiger partial charge < -0.3 is 5.73 Å². The van der Waals surface area contributed by atoms with Crippen LogP contribution >= 0.6 is 15.9 Å². The van der Waals surface area contributed by atoms with E-state index in [0.717, 1.165) is 12.0 Å². The summed E-state index contributed by atoms with van der Waals surface area (Å²) in [5.41, 5.74) is 6.96. The SMILES string of the molecule is Cc1ccc(S(=O)(=O)N2CC(C)CC(N)C2)c(Br)c1. The van der Waals surface area contributed by atoms with Gasteiger partial charge in [0.1, 0.15) is 0 Å². The summed E-state index contributed by atoms with van der Waals surface area (Å²) >= 11 is 3.34. The number of aryl methyl sites for hydroxylation is 1. The van der Waals surface area contributed by atoms with Gasteiger partial charge in [0.05, 0.1) is 4.90 Å². The molecule has 2 unspecified atom stereocenters. The van der Waals surface area contributed by atoms with Gasteiger partial charge in [-0.3, -0.25) is 0 Å². The topological polar surface area (TPSA) is 63.4 Å². The lowest BCUT2D eigenvalue weighted by Gasteiger charge is -2.34. The maximum Gasteiger partial charge on any atom is 0.244 e. The minimum Gasteiger partial charge on any atom is -0.326 e. The van der Waals surface area contributed by atoms with Gasteiger partial charge in [0.25, 0.3) is 0 Å². The molecule has 1 fully saturated rings. The second-order valence-corrected chi connectivity index (χ2v) is 8.12. The van der Waals surface area contributed by atoms with Crippen molar-refractivity contribution >= 4 is 26.0 Å². The highest BCUT2D eigenvalue weighted by Crippen LogP contribution is 2.28. The minimum absolute atomic E-state index is 0.0808. The Kier molecular flexibility index (Phi) is 4.35. The van der Waals surface area contributed by atoms with Gasteiger partial charge in [0, 0.05) is 23.6 Å². The smallest absolute Gasteiger partial charge is 0.244 e. The van der Waals surface area contributed by atoms with Crippen LogP contribution in [0.25, 0.3) is 0 Å². The third-order valence-corrected chi connectivity index (χ3v) is 6.17. The molecule has 0 saturated carbocycles. The lowest BCUT2D eigenvalue weighted by molar-refractivity contribution is 0.254. The van der Waals surface area contributed by atoms with Crippen molar-refractivity contribution in [1.82, 2.24) is 4.31 Å². The maximum atomic E-state index is 12.7. The van der Waals surface area contributed by atoms with Crippen LogP contribution in [0.4, 0.5) is 0 Å². The van der Waals surface area contributed by atoms with Gasteiger partial charge in [-0.1, -0.05) is 13.0 Å². The summed E-state index contributed by atoms with van der Waals surface area (Å²) in [5.74, 6) is 0.294. The highest BCUT2D eigenvalue weighted by molar-refractivity contribution is 9.10. The molecule has 2 atom stereocenters. The number of hydrogen-bond donors (Lipinski definition) is 1. The van der Waals surface area contributed by atoms with Crippen molar-refractivity contribution in [3.05, 3.63) is 28.2 Å². The van der Waals surface area contributed by atoms with E-state index in [4.69, 9.17) is 5.73 Å². The monoisotopic (exact) mass is 346 g/mol. The molecule has 0 bridgehead atoms. The molecule has 2 N–H and O–H groups in total. The van der Waals surface area contributed by atoms with E-state index in [-0.39, 0.29) is 6.04 Å². The Balaban J connectivity index is 2.36. The highest BCUT2D eigenvalue weighted by atomic mass is 79.9. The first-order valence-corrected chi connectivity index (χ1v) is 8.56. The summed E-state index contributed by atoms with van der Waals surface area (Å²) in [6.45, 7) is 4.90. The third-order valence-electron chi connectivity index (χ3n) is 3.36. The molecular formula is C13H19BrN2O2S. The van der Waals surface area contributed by atoms with Gasteiger partial charge in [0.15, 0.2) is 0 Å². The molecule has 6 heteroatoms. The normalized spacial score (nSPS) is 25.5. The van der Waals surface area contributed by atoms with Crippen LogP contribution in [0.15, 0.2) is 27.6 Å². The molecule has 0 spiro atoms. The summed E-state index contributed by atoms with van der Waals surface area (Å²) in [6.07, 6.45) is 0.876. The van der Waals surface area contributed by atoms with E-state index in [1.165, 1.54) is 4.31 Å². The quantitative estimate of drug-likeness (QED) is 0.891. The number of sulfonamides is 1. The van der Waals surface area contributed by atoms with Crippen molar-refractivity contribution in [2.45, 2.75) is 31.2 Å². The number of hydrogen-bond acceptors (Lipinski definition) is 3. The van der Waals surface area contributed by atoms with Crippen LogP contribution in [0.1, 0.15) is 18.9 Å². The van der Waals surface area contributed by atoms with Crippen molar-refractivity contribution in [1.29, 1.82) is 0 Å². The van der Waals surface area contributed by atoms with Gasteiger partial charge in [-0.15, -0.1) is 0 Å². The van der Waals surface area contributed by atoms with E-state index < -0.39 is 10.0 Å². The van der Waals surface area contributed by atoms with Crippen LogP contribution in [0.2, 0.25) is 0 Å². The Bertz CT molecular complexity index is 564.